The molecule has 1 fully saturated rings. The van der Waals surface area contributed by atoms with E-state index in [4.69, 9.17) is 10.5 Å². The fraction of sp³-hybridized carbons (Fsp3) is 0.812. The number of aryl methyl sites for hydroxylation is 1. The van der Waals surface area contributed by atoms with Crippen molar-refractivity contribution in [1.82, 2.24) is 9.78 Å². The van der Waals surface area contributed by atoms with Gasteiger partial charge in [-0.25, -0.2) is 0 Å². The monoisotopic (exact) mass is 279 g/mol. The van der Waals surface area contributed by atoms with Gasteiger partial charge in [0.2, 0.25) is 0 Å². The van der Waals surface area contributed by atoms with Crippen molar-refractivity contribution in [3.63, 3.8) is 0 Å². The van der Waals surface area contributed by atoms with Gasteiger partial charge in [0.1, 0.15) is 0 Å². The standard InChI is InChI=1S/C16H29N3O/c1-4-11-19-14(8-10-18-19)15(17)16(20-5-2)9-6-7-13(3)12-16/h8,10,13,15H,4-7,9,11-12,17H2,1-3H3. The first-order valence-corrected chi connectivity index (χ1v) is 8.04. The zero-order chi connectivity index (χ0) is 14.6. The lowest BCUT2D eigenvalue weighted by molar-refractivity contribution is -0.0953. The van der Waals surface area contributed by atoms with Crippen LogP contribution in [0, 0.1) is 5.92 Å². The van der Waals surface area contributed by atoms with Gasteiger partial charge in [0.05, 0.1) is 17.3 Å². The summed E-state index contributed by atoms with van der Waals surface area (Å²) in [5.41, 5.74) is 7.55. The molecule has 1 saturated carbocycles. The van der Waals surface area contributed by atoms with E-state index in [1.165, 1.54) is 12.8 Å². The van der Waals surface area contributed by atoms with Gasteiger partial charge in [-0.3, -0.25) is 4.68 Å². The maximum Gasteiger partial charge on any atom is 0.0891 e. The van der Waals surface area contributed by atoms with Gasteiger partial charge in [0.25, 0.3) is 0 Å². The van der Waals surface area contributed by atoms with E-state index in [0.717, 1.165) is 38.1 Å². The summed E-state index contributed by atoms with van der Waals surface area (Å²) in [7, 11) is 0. The molecular formula is C16H29N3O. The van der Waals surface area contributed by atoms with Crippen LogP contribution >= 0.6 is 0 Å². The molecule has 0 aromatic carbocycles. The number of rotatable bonds is 6. The molecular weight excluding hydrogens is 250 g/mol. The Morgan fingerprint density at radius 3 is 3.00 bits per heavy atom. The highest BCUT2D eigenvalue weighted by molar-refractivity contribution is 5.14. The third-order valence-electron chi connectivity index (χ3n) is 4.49. The molecule has 114 valence electrons. The van der Waals surface area contributed by atoms with Crippen LogP contribution in [0.5, 0.6) is 0 Å². The topological polar surface area (TPSA) is 53.1 Å². The number of hydrogen-bond acceptors (Lipinski definition) is 3. The summed E-state index contributed by atoms with van der Waals surface area (Å²) in [5.74, 6) is 0.684. The maximum atomic E-state index is 6.64. The molecule has 0 amide bonds. The summed E-state index contributed by atoms with van der Waals surface area (Å²) in [6, 6.07) is 1.97. The van der Waals surface area contributed by atoms with E-state index in [0.29, 0.717) is 5.92 Å². The van der Waals surface area contributed by atoms with Gasteiger partial charge in [0.15, 0.2) is 0 Å². The average Bonchev–Trinajstić information content (AvgIpc) is 2.87. The van der Waals surface area contributed by atoms with Crippen LogP contribution in [0.1, 0.15) is 64.6 Å². The number of nitrogens with zero attached hydrogens (tertiary/aromatic N) is 2. The molecule has 1 aliphatic rings. The molecule has 20 heavy (non-hydrogen) atoms. The molecule has 0 radical (unpaired) electrons. The lowest BCUT2D eigenvalue weighted by Gasteiger charge is -2.43. The van der Waals surface area contributed by atoms with E-state index < -0.39 is 0 Å². The highest BCUT2D eigenvalue weighted by atomic mass is 16.5. The predicted molar refractivity (Wildman–Crippen MR) is 81.4 cm³/mol. The number of hydrogen-bond donors (Lipinski definition) is 1. The Labute approximate surface area is 122 Å². The van der Waals surface area contributed by atoms with Crippen LogP contribution in [-0.2, 0) is 11.3 Å². The Balaban J connectivity index is 2.25. The van der Waals surface area contributed by atoms with Gasteiger partial charge in [-0.15, -0.1) is 0 Å². The number of ether oxygens (including phenoxy) is 1. The van der Waals surface area contributed by atoms with Crippen LogP contribution in [0.25, 0.3) is 0 Å². The second kappa shape index (κ2) is 6.72. The van der Waals surface area contributed by atoms with E-state index in [1.54, 1.807) is 0 Å². The van der Waals surface area contributed by atoms with Gasteiger partial charge >= 0.3 is 0 Å². The molecule has 1 heterocycles. The molecule has 1 aromatic heterocycles. The molecule has 0 aliphatic heterocycles. The van der Waals surface area contributed by atoms with Crippen molar-refractivity contribution in [3.8, 4) is 0 Å². The minimum atomic E-state index is -0.210. The van der Waals surface area contributed by atoms with Crippen LogP contribution in [-0.4, -0.2) is 22.0 Å². The third-order valence-corrected chi connectivity index (χ3v) is 4.49. The van der Waals surface area contributed by atoms with Crippen LogP contribution in [0.15, 0.2) is 12.3 Å². The zero-order valence-electron chi connectivity index (χ0n) is 13.1. The highest BCUT2D eigenvalue weighted by Crippen LogP contribution is 2.42. The van der Waals surface area contributed by atoms with E-state index in [2.05, 4.69) is 31.9 Å². The summed E-state index contributed by atoms with van der Waals surface area (Å²) in [4.78, 5) is 0. The zero-order valence-corrected chi connectivity index (χ0v) is 13.1. The molecule has 3 atom stereocenters. The molecule has 3 unspecified atom stereocenters. The fourth-order valence-corrected chi connectivity index (χ4v) is 3.61. The first-order valence-electron chi connectivity index (χ1n) is 8.04. The summed E-state index contributed by atoms with van der Waals surface area (Å²) < 4.78 is 8.24. The number of nitrogens with two attached hydrogens (primary N) is 1. The fourth-order valence-electron chi connectivity index (χ4n) is 3.61. The Kier molecular flexibility index (Phi) is 5.22. The lowest BCUT2D eigenvalue weighted by Crippen LogP contribution is -2.48. The molecule has 2 rings (SSSR count). The second-order valence-electron chi connectivity index (χ2n) is 6.16. The second-order valence-corrected chi connectivity index (χ2v) is 6.16. The quantitative estimate of drug-likeness (QED) is 0.869. The SMILES string of the molecule is CCCn1nccc1C(N)C1(OCC)CCCC(C)C1. The predicted octanol–water partition coefficient (Wildman–Crippen LogP) is 3.28. The molecule has 0 spiro atoms. The largest absolute Gasteiger partial charge is 0.373 e. The van der Waals surface area contributed by atoms with E-state index in [-0.39, 0.29) is 11.6 Å². The van der Waals surface area contributed by atoms with Crippen molar-refractivity contribution in [2.24, 2.45) is 11.7 Å². The van der Waals surface area contributed by atoms with Crippen molar-refractivity contribution < 1.29 is 4.74 Å². The van der Waals surface area contributed by atoms with Gasteiger partial charge in [-0.05, 0) is 38.2 Å². The molecule has 4 heteroatoms. The van der Waals surface area contributed by atoms with Crippen molar-refractivity contribution in [3.05, 3.63) is 18.0 Å². The van der Waals surface area contributed by atoms with Crippen LogP contribution in [0.3, 0.4) is 0 Å². The van der Waals surface area contributed by atoms with E-state index >= 15 is 0 Å². The smallest absolute Gasteiger partial charge is 0.0891 e. The third kappa shape index (κ3) is 3.07. The van der Waals surface area contributed by atoms with Crippen molar-refractivity contribution in [1.29, 1.82) is 0 Å². The molecule has 0 saturated heterocycles. The molecule has 4 nitrogen and oxygen atoms in total. The van der Waals surface area contributed by atoms with Gasteiger partial charge in [0, 0.05) is 19.3 Å². The number of aromatic nitrogens is 2. The Hall–Kier alpha value is -0.870. The van der Waals surface area contributed by atoms with Gasteiger partial charge in [-0.1, -0.05) is 26.7 Å². The molecule has 1 aliphatic carbocycles. The Bertz CT molecular complexity index is 414. The van der Waals surface area contributed by atoms with Crippen molar-refractivity contribution >= 4 is 0 Å². The van der Waals surface area contributed by atoms with Crippen LogP contribution < -0.4 is 5.73 Å². The lowest BCUT2D eigenvalue weighted by atomic mass is 9.74. The Morgan fingerprint density at radius 2 is 2.35 bits per heavy atom. The average molecular weight is 279 g/mol. The first-order chi connectivity index (χ1) is 9.63. The Morgan fingerprint density at radius 1 is 1.55 bits per heavy atom. The minimum absolute atomic E-state index is 0.0840. The first kappa shape index (κ1) is 15.5. The highest BCUT2D eigenvalue weighted by Gasteiger charge is 2.42. The van der Waals surface area contributed by atoms with E-state index in [9.17, 15) is 0 Å². The molecule has 2 N–H and O–H groups in total. The van der Waals surface area contributed by atoms with Gasteiger partial charge < -0.3 is 10.5 Å². The molecule has 1 aromatic rings. The van der Waals surface area contributed by atoms with E-state index in [1.807, 2.05) is 10.9 Å². The van der Waals surface area contributed by atoms with Crippen molar-refractivity contribution in [2.75, 3.05) is 6.61 Å². The van der Waals surface area contributed by atoms with Gasteiger partial charge in [-0.2, -0.15) is 5.10 Å². The summed E-state index contributed by atoms with van der Waals surface area (Å²) >= 11 is 0. The van der Waals surface area contributed by atoms with Crippen LogP contribution in [0.2, 0.25) is 0 Å². The summed E-state index contributed by atoms with van der Waals surface area (Å²) in [5, 5.41) is 4.41. The summed E-state index contributed by atoms with van der Waals surface area (Å²) in [6.45, 7) is 8.19. The normalized spacial score (nSPS) is 28.5. The minimum Gasteiger partial charge on any atom is -0.373 e. The summed E-state index contributed by atoms with van der Waals surface area (Å²) in [6.07, 6.45) is 7.53. The van der Waals surface area contributed by atoms with Crippen molar-refractivity contribution in [2.45, 2.75) is 71.1 Å². The molecule has 0 bridgehead atoms. The van der Waals surface area contributed by atoms with Crippen LogP contribution in [0.4, 0.5) is 0 Å². The maximum absolute atomic E-state index is 6.64.